The molecular formula is C18H26N4O3. The van der Waals surface area contributed by atoms with E-state index >= 15 is 0 Å². The highest BCUT2D eigenvalue weighted by molar-refractivity contribution is 5.92. The number of rotatable bonds is 6. The first-order valence-corrected chi connectivity index (χ1v) is 8.96. The molecule has 0 spiro atoms. The lowest BCUT2D eigenvalue weighted by molar-refractivity contribution is -0.127. The molecule has 1 aliphatic heterocycles. The second-order valence-corrected chi connectivity index (χ2v) is 6.38. The Bertz CT molecular complexity index is 629. The van der Waals surface area contributed by atoms with Gasteiger partial charge in [-0.1, -0.05) is 6.42 Å². The van der Waals surface area contributed by atoms with E-state index in [0.29, 0.717) is 38.0 Å². The van der Waals surface area contributed by atoms with Crippen molar-refractivity contribution in [1.29, 1.82) is 0 Å². The van der Waals surface area contributed by atoms with E-state index in [2.05, 4.69) is 15.6 Å². The number of amides is 1. The minimum absolute atomic E-state index is 0.175. The van der Waals surface area contributed by atoms with Crippen LogP contribution >= 0.6 is 0 Å². The van der Waals surface area contributed by atoms with E-state index in [9.17, 15) is 4.79 Å². The minimum atomic E-state index is 0.175. The summed E-state index contributed by atoms with van der Waals surface area (Å²) in [6, 6.07) is 5.61. The van der Waals surface area contributed by atoms with Crippen LogP contribution in [0, 0.1) is 5.92 Å². The van der Waals surface area contributed by atoms with E-state index in [1.807, 2.05) is 18.2 Å². The van der Waals surface area contributed by atoms with Gasteiger partial charge in [-0.15, -0.1) is 0 Å². The summed E-state index contributed by atoms with van der Waals surface area (Å²) in [5, 5.41) is 6.00. The van der Waals surface area contributed by atoms with Crippen molar-refractivity contribution < 1.29 is 14.3 Å². The van der Waals surface area contributed by atoms with Crippen LogP contribution in [0.15, 0.2) is 23.2 Å². The summed E-state index contributed by atoms with van der Waals surface area (Å²) in [5.74, 6) is 2.22. The Kier molecular flexibility index (Phi) is 5.98. The largest absolute Gasteiger partial charge is 0.490 e. The zero-order valence-corrected chi connectivity index (χ0v) is 14.4. The minimum Gasteiger partial charge on any atom is -0.490 e. The molecule has 2 aliphatic rings. The van der Waals surface area contributed by atoms with Crippen LogP contribution in [0.1, 0.15) is 32.1 Å². The number of carbonyl (C=O) groups is 1. The Hall–Kier alpha value is -2.44. The number of carbonyl (C=O) groups excluding carboxylic acids is 1. The van der Waals surface area contributed by atoms with E-state index < -0.39 is 0 Å². The molecule has 7 heteroatoms. The predicted octanol–water partition coefficient (Wildman–Crippen LogP) is 1.88. The third-order valence-corrected chi connectivity index (χ3v) is 4.41. The van der Waals surface area contributed by atoms with E-state index in [0.717, 1.165) is 37.1 Å². The van der Waals surface area contributed by atoms with Gasteiger partial charge in [-0.3, -0.25) is 9.79 Å². The summed E-state index contributed by atoms with van der Waals surface area (Å²) in [5.41, 5.74) is 6.72. The molecule has 0 aromatic heterocycles. The quantitative estimate of drug-likeness (QED) is 0.415. The zero-order valence-electron chi connectivity index (χ0n) is 14.4. The molecule has 1 heterocycles. The summed E-state index contributed by atoms with van der Waals surface area (Å²) in [7, 11) is 0. The first kappa shape index (κ1) is 17.4. The third-order valence-electron chi connectivity index (χ3n) is 4.41. The van der Waals surface area contributed by atoms with Crippen LogP contribution in [0.25, 0.3) is 0 Å². The lowest BCUT2D eigenvalue weighted by Crippen LogP contribution is -2.35. The van der Waals surface area contributed by atoms with Crippen LogP contribution in [-0.4, -0.2) is 38.2 Å². The van der Waals surface area contributed by atoms with E-state index in [1.165, 1.54) is 6.42 Å². The standard InChI is InChI=1S/C18H26N4O3/c19-18(21-9-2-8-20-17(23)13-4-1-5-13)22-14-6-7-15-16(12-14)25-11-3-10-24-15/h6-7,12-13H,1-5,8-11H2,(H,20,23)(H3,19,21,22). The van der Waals surface area contributed by atoms with Gasteiger partial charge in [0.1, 0.15) is 0 Å². The normalized spacial score (nSPS) is 17.4. The molecule has 0 radical (unpaired) electrons. The molecule has 1 saturated carbocycles. The van der Waals surface area contributed by atoms with Crippen molar-refractivity contribution in [3.05, 3.63) is 18.2 Å². The van der Waals surface area contributed by atoms with E-state index in [1.54, 1.807) is 0 Å². The van der Waals surface area contributed by atoms with Gasteiger partial charge >= 0.3 is 0 Å². The van der Waals surface area contributed by atoms with Crippen LogP contribution in [0.3, 0.4) is 0 Å². The van der Waals surface area contributed by atoms with Gasteiger partial charge in [0, 0.05) is 37.2 Å². The Morgan fingerprint density at radius 1 is 1.20 bits per heavy atom. The second kappa shape index (κ2) is 8.60. The lowest BCUT2D eigenvalue weighted by Gasteiger charge is -2.23. The van der Waals surface area contributed by atoms with Crippen LogP contribution in [0.5, 0.6) is 11.5 Å². The number of aliphatic imine (C=N–C) groups is 1. The Morgan fingerprint density at radius 2 is 2.00 bits per heavy atom. The number of guanidine groups is 1. The molecule has 7 nitrogen and oxygen atoms in total. The van der Waals surface area contributed by atoms with Gasteiger partial charge in [0.25, 0.3) is 0 Å². The highest BCUT2D eigenvalue weighted by atomic mass is 16.5. The average molecular weight is 346 g/mol. The fourth-order valence-corrected chi connectivity index (χ4v) is 2.73. The van der Waals surface area contributed by atoms with Gasteiger partial charge < -0.3 is 25.8 Å². The Morgan fingerprint density at radius 3 is 2.76 bits per heavy atom. The van der Waals surface area contributed by atoms with Gasteiger partial charge in [0.2, 0.25) is 5.91 Å². The van der Waals surface area contributed by atoms with Gasteiger partial charge in [0.05, 0.1) is 13.2 Å². The molecule has 3 rings (SSSR count). The molecule has 4 N–H and O–H groups in total. The molecule has 0 unspecified atom stereocenters. The van der Waals surface area contributed by atoms with Crippen LogP contribution in [-0.2, 0) is 4.79 Å². The van der Waals surface area contributed by atoms with Crippen molar-refractivity contribution in [2.45, 2.75) is 32.1 Å². The number of benzene rings is 1. The summed E-state index contributed by atoms with van der Waals surface area (Å²) in [6.07, 6.45) is 4.86. The van der Waals surface area contributed by atoms with Gasteiger partial charge in [-0.2, -0.15) is 0 Å². The number of fused-ring (bicyclic) bond motifs is 1. The highest BCUT2D eigenvalue weighted by Gasteiger charge is 2.24. The number of nitrogens with one attached hydrogen (secondary N) is 2. The fraction of sp³-hybridized carbons (Fsp3) is 0.556. The number of nitrogens with two attached hydrogens (primary N) is 1. The average Bonchev–Trinajstić information content (AvgIpc) is 2.77. The van der Waals surface area contributed by atoms with Crippen molar-refractivity contribution >= 4 is 17.6 Å². The second-order valence-electron chi connectivity index (χ2n) is 6.38. The number of nitrogens with zero attached hydrogens (tertiary/aromatic N) is 1. The summed E-state index contributed by atoms with van der Waals surface area (Å²) >= 11 is 0. The third kappa shape index (κ3) is 5.01. The van der Waals surface area contributed by atoms with Gasteiger partial charge in [-0.05, 0) is 31.4 Å². The molecule has 0 atom stereocenters. The summed E-state index contributed by atoms with van der Waals surface area (Å²) < 4.78 is 11.3. The first-order chi connectivity index (χ1) is 12.2. The molecule has 0 bridgehead atoms. The number of ether oxygens (including phenoxy) is 2. The number of hydrogen-bond donors (Lipinski definition) is 3. The zero-order chi connectivity index (χ0) is 17.5. The fourth-order valence-electron chi connectivity index (χ4n) is 2.73. The van der Waals surface area contributed by atoms with Crippen molar-refractivity contribution in [3.63, 3.8) is 0 Å². The maximum absolute atomic E-state index is 11.7. The molecular weight excluding hydrogens is 320 g/mol. The van der Waals surface area contributed by atoms with Crippen molar-refractivity contribution in [1.82, 2.24) is 5.32 Å². The predicted molar refractivity (Wildman–Crippen MR) is 97.1 cm³/mol. The molecule has 1 fully saturated rings. The van der Waals surface area contributed by atoms with Crippen molar-refractivity contribution in [3.8, 4) is 11.5 Å². The van der Waals surface area contributed by atoms with Gasteiger partial charge in [-0.25, -0.2) is 0 Å². The maximum Gasteiger partial charge on any atom is 0.223 e. The van der Waals surface area contributed by atoms with Gasteiger partial charge in [0.15, 0.2) is 17.5 Å². The highest BCUT2D eigenvalue weighted by Crippen LogP contribution is 2.32. The van der Waals surface area contributed by atoms with Crippen LogP contribution < -0.4 is 25.8 Å². The molecule has 136 valence electrons. The van der Waals surface area contributed by atoms with E-state index in [4.69, 9.17) is 15.2 Å². The number of anilines is 1. The summed E-state index contributed by atoms with van der Waals surface area (Å²) in [4.78, 5) is 16.0. The van der Waals surface area contributed by atoms with Crippen molar-refractivity contribution in [2.24, 2.45) is 16.6 Å². The number of hydrogen-bond acceptors (Lipinski definition) is 4. The smallest absolute Gasteiger partial charge is 0.223 e. The molecule has 1 aliphatic carbocycles. The van der Waals surface area contributed by atoms with Crippen LogP contribution in [0.2, 0.25) is 0 Å². The SMILES string of the molecule is NC(=NCCCNC(=O)C1CCC1)Nc1ccc2c(c1)OCCCO2. The molecule has 25 heavy (non-hydrogen) atoms. The van der Waals surface area contributed by atoms with E-state index in [-0.39, 0.29) is 11.8 Å². The monoisotopic (exact) mass is 346 g/mol. The molecule has 1 aromatic rings. The molecule has 1 amide bonds. The Balaban J connectivity index is 1.40. The maximum atomic E-state index is 11.7. The molecule has 1 aromatic carbocycles. The summed E-state index contributed by atoms with van der Waals surface area (Å²) in [6.45, 7) is 2.51. The molecule has 0 saturated heterocycles. The van der Waals surface area contributed by atoms with Crippen LogP contribution in [0.4, 0.5) is 5.69 Å². The lowest BCUT2D eigenvalue weighted by atomic mass is 9.85. The van der Waals surface area contributed by atoms with Crippen molar-refractivity contribution in [2.75, 3.05) is 31.6 Å². The topological polar surface area (TPSA) is 98.0 Å². The Labute approximate surface area is 148 Å². The first-order valence-electron chi connectivity index (χ1n) is 8.96.